The van der Waals surface area contributed by atoms with E-state index in [2.05, 4.69) is 10.6 Å². The molecule has 1 aromatic heterocycles. The number of amides is 2. The van der Waals surface area contributed by atoms with Crippen molar-refractivity contribution in [2.24, 2.45) is 5.92 Å². The van der Waals surface area contributed by atoms with Gasteiger partial charge in [0, 0.05) is 17.1 Å². The highest BCUT2D eigenvalue weighted by atomic mass is 32.2. The fourth-order valence-electron chi connectivity index (χ4n) is 2.63. The Kier molecular flexibility index (Phi) is 5.60. The van der Waals surface area contributed by atoms with Gasteiger partial charge in [-0.3, -0.25) is 0 Å². The summed E-state index contributed by atoms with van der Waals surface area (Å²) in [5.41, 5.74) is 0.653. The number of urea groups is 1. The highest BCUT2D eigenvalue weighted by molar-refractivity contribution is 7.91. The van der Waals surface area contributed by atoms with Crippen molar-refractivity contribution in [3.05, 3.63) is 46.7 Å². The second kappa shape index (κ2) is 7.88. The number of ether oxygens (including phenoxy) is 1. The molecule has 0 aliphatic carbocycles. The zero-order valence-corrected chi connectivity index (χ0v) is 15.2. The van der Waals surface area contributed by atoms with Crippen molar-refractivity contribution in [2.45, 2.75) is 13.0 Å². The molecule has 2 N–H and O–H groups in total. The molecule has 25 heavy (non-hydrogen) atoms. The predicted molar refractivity (Wildman–Crippen MR) is 98.9 cm³/mol. The predicted octanol–water partition coefficient (Wildman–Crippen LogP) is 2.88. The summed E-state index contributed by atoms with van der Waals surface area (Å²) in [4.78, 5) is 13.0. The molecule has 2 amide bonds. The smallest absolute Gasteiger partial charge is 0.319 e. The number of carbonyl (C=O) groups excluding carboxylic acids is 1. The summed E-state index contributed by atoms with van der Waals surface area (Å²) in [6.45, 7) is 0.891. The summed E-state index contributed by atoms with van der Waals surface area (Å²) >= 11 is 1.64. The topological polar surface area (TPSA) is 84.5 Å². The van der Waals surface area contributed by atoms with E-state index < -0.39 is 9.84 Å². The summed E-state index contributed by atoms with van der Waals surface area (Å²) in [5, 5.41) is 7.46. The first-order valence-corrected chi connectivity index (χ1v) is 10.7. The number of hydrogen-bond donors (Lipinski definition) is 2. The number of nitrogens with one attached hydrogen (secondary N) is 2. The molecule has 0 bridgehead atoms. The van der Waals surface area contributed by atoms with Crippen LogP contribution in [-0.2, 0) is 16.4 Å². The van der Waals surface area contributed by atoms with Gasteiger partial charge in [-0.25, -0.2) is 13.2 Å². The van der Waals surface area contributed by atoms with Gasteiger partial charge in [0.1, 0.15) is 12.4 Å². The van der Waals surface area contributed by atoms with E-state index in [1.165, 1.54) is 0 Å². The van der Waals surface area contributed by atoms with Crippen molar-refractivity contribution < 1.29 is 17.9 Å². The van der Waals surface area contributed by atoms with Crippen molar-refractivity contribution in [3.8, 4) is 5.75 Å². The van der Waals surface area contributed by atoms with Gasteiger partial charge < -0.3 is 15.4 Å². The summed E-state index contributed by atoms with van der Waals surface area (Å²) in [6, 6.07) is 10.8. The minimum absolute atomic E-state index is 0.00350. The van der Waals surface area contributed by atoms with Gasteiger partial charge in [0.05, 0.1) is 11.5 Å². The van der Waals surface area contributed by atoms with E-state index in [0.29, 0.717) is 25.3 Å². The molecule has 0 saturated carbocycles. The second-order valence-corrected chi connectivity index (χ2v) is 9.26. The van der Waals surface area contributed by atoms with Crippen molar-refractivity contribution in [1.29, 1.82) is 0 Å². The fraction of sp³-hybridized carbons (Fsp3) is 0.353. The Morgan fingerprint density at radius 3 is 2.68 bits per heavy atom. The quantitative estimate of drug-likeness (QED) is 0.807. The first kappa shape index (κ1) is 17.8. The molecule has 0 unspecified atom stereocenters. The third-order valence-electron chi connectivity index (χ3n) is 3.95. The van der Waals surface area contributed by atoms with E-state index in [-0.39, 0.29) is 23.5 Å². The van der Waals surface area contributed by atoms with Crippen LogP contribution in [-0.4, -0.2) is 32.5 Å². The summed E-state index contributed by atoms with van der Waals surface area (Å²) < 4.78 is 28.5. The standard InChI is InChI=1S/C17H20N2O4S2/c20-17(18-10-13-7-9-25(21,22)12-13)19-14-3-5-15(6-4-14)23-11-16-2-1-8-24-16/h1-6,8,13H,7,9-12H2,(H2,18,19,20)/t13-/m1/s1. The molecular weight excluding hydrogens is 360 g/mol. The molecule has 2 heterocycles. The van der Waals surface area contributed by atoms with Gasteiger partial charge in [-0.1, -0.05) is 6.07 Å². The third-order valence-corrected chi connectivity index (χ3v) is 6.64. The molecule has 2 aromatic rings. The van der Waals surface area contributed by atoms with Crippen LogP contribution >= 0.6 is 11.3 Å². The van der Waals surface area contributed by atoms with Crippen LogP contribution in [0.5, 0.6) is 5.75 Å². The lowest BCUT2D eigenvalue weighted by molar-refractivity contribution is 0.250. The van der Waals surface area contributed by atoms with Gasteiger partial charge in [-0.05, 0) is 48.1 Å². The number of carbonyl (C=O) groups is 1. The maximum Gasteiger partial charge on any atom is 0.319 e. The van der Waals surface area contributed by atoms with Gasteiger partial charge in [-0.2, -0.15) is 0 Å². The van der Waals surface area contributed by atoms with Crippen molar-refractivity contribution in [1.82, 2.24) is 5.32 Å². The van der Waals surface area contributed by atoms with E-state index in [1.807, 2.05) is 17.5 Å². The molecular formula is C17H20N2O4S2. The Bertz CT molecular complexity index is 802. The molecule has 0 radical (unpaired) electrons. The van der Waals surface area contributed by atoms with Crippen LogP contribution in [0.2, 0.25) is 0 Å². The average Bonchev–Trinajstić information content (AvgIpc) is 3.21. The maximum atomic E-state index is 11.9. The van der Waals surface area contributed by atoms with E-state index in [0.717, 1.165) is 10.6 Å². The molecule has 134 valence electrons. The summed E-state index contributed by atoms with van der Waals surface area (Å²) in [6.07, 6.45) is 0.610. The van der Waals surface area contributed by atoms with E-state index in [9.17, 15) is 13.2 Å². The molecule has 1 aliphatic heterocycles. The van der Waals surface area contributed by atoms with E-state index in [1.54, 1.807) is 35.6 Å². The van der Waals surface area contributed by atoms with Crippen LogP contribution in [0.1, 0.15) is 11.3 Å². The number of benzene rings is 1. The number of hydrogen-bond acceptors (Lipinski definition) is 5. The number of rotatable bonds is 6. The Hall–Kier alpha value is -2.06. The molecule has 0 spiro atoms. The zero-order valence-electron chi connectivity index (χ0n) is 13.6. The molecule has 8 heteroatoms. The number of sulfone groups is 1. The van der Waals surface area contributed by atoms with Gasteiger partial charge in [0.25, 0.3) is 0 Å². The molecule has 1 saturated heterocycles. The Labute approximate surface area is 151 Å². The van der Waals surface area contributed by atoms with Crippen LogP contribution in [0.15, 0.2) is 41.8 Å². The highest BCUT2D eigenvalue weighted by Gasteiger charge is 2.27. The SMILES string of the molecule is O=C(NC[C@H]1CCS(=O)(=O)C1)Nc1ccc(OCc2cccs2)cc1. The molecule has 1 atom stereocenters. The molecule has 1 aromatic carbocycles. The third kappa shape index (κ3) is 5.47. The van der Waals surface area contributed by atoms with Gasteiger partial charge in [0.15, 0.2) is 9.84 Å². The highest BCUT2D eigenvalue weighted by Crippen LogP contribution is 2.19. The first-order chi connectivity index (χ1) is 12.0. The van der Waals surface area contributed by atoms with Crippen LogP contribution in [0, 0.1) is 5.92 Å². The van der Waals surface area contributed by atoms with Crippen molar-refractivity contribution >= 4 is 32.9 Å². The number of thiophene rings is 1. The van der Waals surface area contributed by atoms with Crippen molar-refractivity contribution in [3.63, 3.8) is 0 Å². The molecule has 1 fully saturated rings. The lowest BCUT2D eigenvalue weighted by Gasteiger charge is -2.11. The Morgan fingerprint density at radius 1 is 1.24 bits per heavy atom. The second-order valence-electron chi connectivity index (χ2n) is 6.00. The Morgan fingerprint density at radius 2 is 2.04 bits per heavy atom. The summed E-state index contributed by atoms with van der Waals surface area (Å²) in [7, 11) is -2.91. The van der Waals surface area contributed by atoms with E-state index in [4.69, 9.17) is 4.74 Å². The minimum Gasteiger partial charge on any atom is -0.488 e. The normalized spacial score (nSPS) is 18.6. The number of anilines is 1. The van der Waals surface area contributed by atoms with Crippen LogP contribution in [0.25, 0.3) is 0 Å². The lowest BCUT2D eigenvalue weighted by atomic mass is 10.1. The summed E-state index contributed by atoms with van der Waals surface area (Å²) in [5.74, 6) is 1.11. The fourth-order valence-corrected chi connectivity index (χ4v) is 5.11. The van der Waals surface area contributed by atoms with Gasteiger partial charge in [0.2, 0.25) is 0 Å². The maximum absolute atomic E-state index is 11.9. The van der Waals surface area contributed by atoms with Crippen molar-refractivity contribution in [2.75, 3.05) is 23.4 Å². The molecule has 3 rings (SSSR count). The Balaban J connectivity index is 1.42. The zero-order chi connectivity index (χ0) is 17.7. The minimum atomic E-state index is -2.91. The lowest BCUT2D eigenvalue weighted by Crippen LogP contribution is -2.33. The van der Waals surface area contributed by atoms with E-state index >= 15 is 0 Å². The molecule has 1 aliphatic rings. The molecule has 6 nitrogen and oxygen atoms in total. The largest absolute Gasteiger partial charge is 0.488 e. The first-order valence-electron chi connectivity index (χ1n) is 8.01. The van der Waals surface area contributed by atoms with Gasteiger partial charge >= 0.3 is 6.03 Å². The van der Waals surface area contributed by atoms with Crippen LogP contribution in [0.4, 0.5) is 10.5 Å². The van der Waals surface area contributed by atoms with Crippen LogP contribution in [0.3, 0.4) is 0 Å². The van der Waals surface area contributed by atoms with Crippen LogP contribution < -0.4 is 15.4 Å². The monoisotopic (exact) mass is 380 g/mol. The average molecular weight is 380 g/mol. The van der Waals surface area contributed by atoms with Gasteiger partial charge in [-0.15, -0.1) is 11.3 Å².